The molecule has 0 bridgehead atoms. The van der Waals surface area contributed by atoms with E-state index < -0.39 is 0 Å². The van der Waals surface area contributed by atoms with Crippen LogP contribution in [0, 0.1) is 0 Å². The minimum atomic E-state index is 0.922. The molecule has 3 heteroatoms. The van der Waals surface area contributed by atoms with Crippen molar-refractivity contribution in [2.45, 2.75) is 13.1 Å². The Hall–Kier alpha value is -1.06. The Kier molecular flexibility index (Phi) is 2.79. The summed E-state index contributed by atoms with van der Waals surface area (Å²) in [6, 6.07) is 8.17. The molecule has 2 N–H and O–H groups in total. The summed E-state index contributed by atoms with van der Waals surface area (Å²) >= 11 is 1.80. The van der Waals surface area contributed by atoms with Crippen LogP contribution in [0.15, 0.2) is 40.3 Å². The SMILES string of the molecule is c1coc(C[NH2+]Cc2cccs2)c1. The van der Waals surface area contributed by atoms with Gasteiger partial charge in [0.25, 0.3) is 0 Å². The van der Waals surface area contributed by atoms with Gasteiger partial charge in [0, 0.05) is 0 Å². The molecule has 0 saturated carbocycles. The fourth-order valence-corrected chi connectivity index (χ4v) is 1.92. The van der Waals surface area contributed by atoms with Crippen LogP contribution in [0.1, 0.15) is 10.6 Å². The summed E-state index contributed by atoms with van der Waals surface area (Å²) in [5, 5.41) is 4.35. The van der Waals surface area contributed by atoms with Crippen molar-refractivity contribution < 1.29 is 9.73 Å². The van der Waals surface area contributed by atoms with Gasteiger partial charge >= 0.3 is 0 Å². The zero-order chi connectivity index (χ0) is 8.93. The van der Waals surface area contributed by atoms with Crippen molar-refractivity contribution in [2.75, 3.05) is 0 Å². The van der Waals surface area contributed by atoms with Crippen LogP contribution >= 0.6 is 11.3 Å². The number of quaternary nitrogens is 1. The molecular formula is C10H12NOS+. The van der Waals surface area contributed by atoms with Gasteiger partial charge in [0.05, 0.1) is 11.1 Å². The molecule has 2 rings (SSSR count). The van der Waals surface area contributed by atoms with Crippen molar-refractivity contribution in [3.63, 3.8) is 0 Å². The standard InChI is InChI=1S/C10H11NOS/c1-3-9(12-5-1)7-11-8-10-4-2-6-13-10/h1-6,11H,7-8H2/p+1. The summed E-state index contributed by atoms with van der Waals surface area (Å²) in [4.78, 5) is 1.41. The molecule has 2 aromatic rings. The van der Waals surface area contributed by atoms with Crippen LogP contribution in [-0.4, -0.2) is 0 Å². The van der Waals surface area contributed by atoms with Gasteiger partial charge in [0.2, 0.25) is 0 Å². The van der Waals surface area contributed by atoms with E-state index >= 15 is 0 Å². The molecule has 13 heavy (non-hydrogen) atoms. The van der Waals surface area contributed by atoms with Crippen molar-refractivity contribution in [1.82, 2.24) is 0 Å². The Morgan fingerprint density at radius 1 is 1.23 bits per heavy atom. The molecule has 2 nitrogen and oxygen atoms in total. The van der Waals surface area contributed by atoms with Crippen LogP contribution in [0.2, 0.25) is 0 Å². The van der Waals surface area contributed by atoms with E-state index in [9.17, 15) is 0 Å². The molecule has 2 heterocycles. The summed E-state index contributed by atoms with van der Waals surface area (Å²) in [6.45, 7) is 1.96. The Morgan fingerprint density at radius 2 is 2.23 bits per heavy atom. The summed E-state index contributed by atoms with van der Waals surface area (Å²) in [6.07, 6.45) is 1.72. The number of hydrogen-bond donors (Lipinski definition) is 1. The third-order valence-electron chi connectivity index (χ3n) is 1.85. The smallest absolute Gasteiger partial charge is 0.157 e. The minimum Gasteiger partial charge on any atom is -0.463 e. The molecular weight excluding hydrogens is 182 g/mol. The largest absolute Gasteiger partial charge is 0.463 e. The van der Waals surface area contributed by atoms with Crippen LogP contribution in [0.4, 0.5) is 0 Å². The minimum absolute atomic E-state index is 0.922. The van der Waals surface area contributed by atoms with E-state index in [0.717, 1.165) is 18.8 Å². The highest BCUT2D eigenvalue weighted by Crippen LogP contribution is 2.05. The van der Waals surface area contributed by atoms with Crippen LogP contribution in [-0.2, 0) is 13.1 Å². The van der Waals surface area contributed by atoms with Gasteiger partial charge in [-0.2, -0.15) is 0 Å². The molecule has 2 aromatic heterocycles. The quantitative estimate of drug-likeness (QED) is 0.787. The maximum atomic E-state index is 5.23. The molecule has 0 aromatic carbocycles. The number of rotatable bonds is 4. The van der Waals surface area contributed by atoms with Crippen molar-refractivity contribution >= 4 is 11.3 Å². The number of nitrogens with two attached hydrogens (primary N) is 1. The fourth-order valence-electron chi connectivity index (χ4n) is 1.21. The zero-order valence-corrected chi connectivity index (χ0v) is 8.09. The van der Waals surface area contributed by atoms with Crippen molar-refractivity contribution in [3.05, 3.63) is 46.5 Å². The molecule has 0 unspecified atom stereocenters. The molecule has 0 aliphatic rings. The van der Waals surface area contributed by atoms with Gasteiger partial charge in [-0.3, -0.25) is 0 Å². The molecule has 0 aliphatic heterocycles. The average molecular weight is 194 g/mol. The molecule has 0 atom stereocenters. The van der Waals surface area contributed by atoms with Crippen molar-refractivity contribution in [2.24, 2.45) is 0 Å². The van der Waals surface area contributed by atoms with E-state index in [1.807, 2.05) is 12.1 Å². The summed E-state index contributed by atoms with van der Waals surface area (Å²) in [7, 11) is 0. The summed E-state index contributed by atoms with van der Waals surface area (Å²) < 4.78 is 5.23. The number of hydrogen-bond acceptors (Lipinski definition) is 2. The van der Waals surface area contributed by atoms with Crippen LogP contribution in [0.25, 0.3) is 0 Å². The lowest BCUT2D eigenvalue weighted by molar-refractivity contribution is -0.687. The third kappa shape index (κ3) is 2.44. The third-order valence-corrected chi connectivity index (χ3v) is 2.75. The number of furan rings is 1. The molecule has 0 amide bonds. The Morgan fingerprint density at radius 3 is 2.92 bits per heavy atom. The highest BCUT2D eigenvalue weighted by atomic mass is 32.1. The lowest BCUT2D eigenvalue weighted by atomic mass is 10.4. The first-order chi connectivity index (χ1) is 6.45. The predicted octanol–water partition coefficient (Wildman–Crippen LogP) is 1.60. The Balaban J connectivity index is 1.76. The number of thiophene rings is 1. The second-order valence-corrected chi connectivity index (χ2v) is 3.89. The first kappa shape index (κ1) is 8.53. The molecule has 0 saturated heterocycles. The normalized spacial score (nSPS) is 10.5. The van der Waals surface area contributed by atoms with Crippen LogP contribution in [0.5, 0.6) is 0 Å². The molecule has 0 spiro atoms. The van der Waals surface area contributed by atoms with Crippen molar-refractivity contribution in [3.8, 4) is 0 Å². The van der Waals surface area contributed by atoms with Crippen molar-refractivity contribution in [1.29, 1.82) is 0 Å². The first-order valence-corrected chi connectivity index (χ1v) is 5.19. The lowest BCUT2D eigenvalue weighted by Crippen LogP contribution is -2.80. The van der Waals surface area contributed by atoms with Gasteiger partial charge in [-0.25, -0.2) is 0 Å². The molecule has 68 valence electrons. The van der Waals surface area contributed by atoms with Gasteiger partial charge in [-0.1, -0.05) is 6.07 Å². The molecule has 0 aliphatic carbocycles. The van der Waals surface area contributed by atoms with E-state index in [0.29, 0.717) is 0 Å². The van der Waals surface area contributed by atoms with E-state index in [2.05, 4.69) is 22.8 Å². The lowest BCUT2D eigenvalue weighted by Gasteiger charge is -1.95. The van der Waals surface area contributed by atoms with Crippen LogP contribution < -0.4 is 5.32 Å². The van der Waals surface area contributed by atoms with E-state index in [1.54, 1.807) is 17.6 Å². The van der Waals surface area contributed by atoms with E-state index in [-0.39, 0.29) is 0 Å². The fraction of sp³-hybridized carbons (Fsp3) is 0.200. The zero-order valence-electron chi connectivity index (χ0n) is 7.27. The average Bonchev–Trinajstić information content (AvgIpc) is 2.75. The van der Waals surface area contributed by atoms with E-state index in [4.69, 9.17) is 4.42 Å². The second-order valence-electron chi connectivity index (χ2n) is 2.86. The maximum absolute atomic E-state index is 5.23. The van der Waals surface area contributed by atoms with Gasteiger partial charge in [-0.15, -0.1) is 11.3 Å². The highest BCUT2D eigenvalue weighted by molar-refractivity contribution is 7.09. The van der Waals surface area contributed by atoms with E-state index in [1.165, 1.54) is 4.88 Å². The highest BCUT2D eigenvalue weighted by Gasteiger charge is 1.99. The van der Waals surface area contributed by atoms with Gasteiger partial charge in [0.15, 0.2) is 5.76 Å². The maximum Gasteiger partial charge on any atom is 0.157 e. The molecule has 0 radical (unpaired) electrons. The predicted molar refractivity (Wildman–Crippen MR) is 52.4 cm³/mol. The van der Waals surface area contributed by atoms with Gasteiger partial charge < -0.3 is 9.73 Å². The Labute approximate surface area is 81.2 Å². The van der Waals surface area contributed by atoms with Crippen LogP contribution in [0.3, 0.4) is 0 Å². The first-order valence-electron chi connectivity index (χ1n) is 4.31. The second kappa shape index (κ2) is 4.25. The monoisotopic (exact) mass is 194 g/mol. The summed E-state index contributed by atoms with van der Waals surface area (Å²) in [5.74, 6) is 1.04. The summed E-state index contributed by atoms with van der Waals surface area (Å²) in [5.41, 5.74) is 0. The molecule has 0 fully saturated rings. The van der Waals surface area contributed by atoms with Gasteiger partial charge in [-0.05, 0) is 23.6 Å². The topological polar surface area (TPSA) is 29.8 Å². The van der Waals surface area contributed by atoms with Gasteiger partial charge in [0.1, 0.15) is 13.1 Å². The Bertz CT molecular complexity index is 291.